The predicted molar refractivity (Wildman–Crippen MR) is 95.3 cm³/mol. The lowest BCUT2D eigenvalue weighted by molar-refractivity contribution is 0.415. The molecule has 0 aliphatic heterocycles. The van der Waals surface area contributed by atoms with Gasteiger partial charge in [0.05, 0.1) is 7.11 Å². The van der Waals surface area contributed by atoms with Gasteiger partial charge in [0.2, 0.25) is 0 Å². The first-order chi connectivity index (χ1) is 10.8. The van der Waals surface area contributed by atoms with Crippen molar-refractivity contribution in [2.75, 3.05) is 7.11 Å². The molecular weight excluding hydrogens is 284 g/mol. The molecule has 0 amide bonds. The van der Waals surface area contributed by atoms with Crippen LogP contribution in [-0.4, -0.2) is 15.9 Å². The molecule has 0 heterocycles. The zero-order valence-electron chi connectivity index (χ0n) is 12.9. The van der Waals surface area contributed by atoms with Crippen LogP contribution < -0.4 is 20.3 Å². The van der Waals surface area contributed by atoms with Crippen LogP contribution in [0.5, 0.6) is 5.75 Å². The highest BCUT2D eigenvalue weighted by atomic mass is 28.3. The maximum absolute atomic E-state index is 5.30. The molecule has 0 saturated heterocycles. The summed E-state index contributed by atoms with van der Waals surface area (Å²) in [4.78, 5) is 0. The van der Waals surface area contributed by atoms with Gasteiger partial charge in [0, 0.05) is 0 Å². The second-order valence-electron chi connectivity index (χ2n) is 5.28. The predicted octanol–water partition coefficient (Wildman–Crippen LogP) is 2.52. The number of methoxy groups -OCH3 is 1. The third-order valence-corrected chi connectivity index (χ3v) is 6.78. The van der Waals surface area contributed by atoms with Gasteiger partial charge < -0.3 is 4.74 Å². The minimum absolute atomic E-state index is 0.906. The molecule has 0 spiro atoms. The van der Waals surface area contributed by atoms with Crippen LogP contribution in [0.2, 0.25) is 0 Å². The number of benzene rings is 3. The van der Waals surface area contributed by atoms with E-state index >= 15 is 0 Å². The van der Waals surface area contributed by atoms with Crippen LogP contribution in [-0.2, 0) is 0 Å². The molecule has 0 atom stereocenters. The standard InChI is InChI=1S/C20H19OSi/c1-16-8-6-7-11-20(16)22(18-9-4-3-5-10-18)19-14-12-17(21-2)13-15-19/h3-15H,1-2H3. The summed E-state index contributed by atoms with van der Waals surface area (Å²) < 4.78 is 5.30. The molecule has 0 aliphatic carbocycles. The third kappa shape index (κ3) is 2.97. The Bertz CT molecular complexity index is 735. The van der Waals surface area contributed by atoms with Crippen LogP contribution >= 0.6 is 0 Å². The summed E-state index contributed by atoms with van der Waals surface area (Å²) in [6.45, 7) is 2.20. The molecule has 1 radical (unpaired) electrons. The Labute approximate surface area is 133 Å². The number of hydrogen-bond acceptors (Lipinski definition) is 1. The lowest BCUT2D eigenvalue weighted by Crippen LogP contribution is -2.52. The lowest BCUT2D eigenvalue weighted by Gasteiger charge is -2.19. The molecule has 0 unspecified atom stereocenters. The van der Waals surface area contributed by atoms with E-state index in [4.69, 9.17) is 4.74 Å². The van der Waals surface area contributed by atoms with Gasteiger partial charge in [0.15, 0.2) is 8.80 Å². The van der Waals surface area contributed by atoms with Crippen molar-refractivity contribution in [1.82, 2.24) is 0 Å². The summed E-state index contributed by atoms with van der Waals surface area (Å²) in [6, 6.07) is 28.0. The topological polar surface area (TPSA) is 9.23 Å². The van der Waals surface area contributed by atoms with Gasteiger partial charge in [0.25, 0.3) is 0 Å². The van der Waals surface area contributed by atoms with Crippen molar-refractivity contribution in [2.24, 2.45) is 0 Å². The van der Waals surface area contributed by atoms with E-state index in [1.807, 2.05) is 0 Å². The van der Waals surface area contributed by atoms with Crippen molar-refractivity contribution in [1.29, 1.82) is 0 Å². The second kappa shape index (κ2) is 6.63. The fourth-order valence-electron chi connectivity index (χ4n) is 2.69. The van der Waals surface area contributed by atoms with Crippen LogP contribution in [0, 0.1) is 6.92 Å². The Morgan fingerprint density at radius 3 is 1.91 bits per heavy atom. The molecule has 0 bridgehead atoms. The van der Waals surface area contributed by atoms with E-state index in [2.05, 4.69) is 85.8 Å². The maximum Gasteiger partial charge on any atom is 0.154 e. The van der Waals surface area contributed by atoms with Crippen LogP contribution in [0.4, 0.5) is 0 Å². The molecular formula is C20H19OSi. The molecule has 0 aromatic heterocycles. The van der Waals surface area contributed by atoms with E-state index in [1.54, 1.807) is 7.11 Å². The first-order valence-corrected chi connectivity index (χ1v) is 8.92. The van der Waals surface area contributed by atoms with E-state index in [0.717, 1.165) is 5.75 Å². The number of hydrogen-bond donors (Lipinski definition) is 0. The van der Waals surface area contributed by atoms with Gasteiger partial charge in [-0.1, -0.05) is 82.7 Å². The fourth-order valence-corrected chi connectivity index (χ4v) is 5.42. The summed E-state index contributed by atoms with van der Waals surface area (Å²) in [5.41, 5.74) is 1.36. The summed E-state index contributed by atoms with van der Waals surface area (Å²) in [7, 11) is 0.720. The lowest BCUT2D eigenvalue weighted by atomic mass is 10.2. The summed E-state index contributed by atoms with van der Waals surface area (Å²) in [5, 5.41) is 4.24. The van der Waals surface area contributed by atoms with Crippen LogP contribution in [0.25, 0.3) is 0 Å². The minimum Gasteiger partial charge on any atom is -0.497 e. The Morgan fingerprint density at radius 2 is 1.27 bits per heavy atom. The van der Waals surface area contributed by atoms with Gasteiger partial charge >= 0.3 is 0 Å². The van der Waals surface area contributed by atoms with E-state index in [0.29, 0.717) is 0 Å². The van der Waals surface area contributed by atoms with Crippen LogP contribution in [0.15, 0.2) is 78.9 Å². The highest BCUT2D eigenvalue weighted by Crippen LogP contribution is 2.07. The molecule has 0 fully saturated rings. The van der Waals surface area contributed by atoms with Gasteiger partial charge in [-0.05, 0) is 24.2 Å². The highest BCUT2D eigenvalue weighted by Gasteiger charge is 2.20. The largest absolute Gasteiger partial charge is 0.497 e. The molecule has 0 saturated carbocycles. The van der Waals surface area contributed by atoms with Crippen molar-refractivity contribution < 1.29 is 4.74 Å². The SMILES string of the molecule is COc1ccc([Si](c2ccccc2)c2ccccc2C)cc1. The van der Waals surface area contributed by atoms with E-state index in [9.17, 15) is 0 Å². The Balaban J connectivity index is 2.12. The molecule has 0 N–H and O–H groups in total. The smallest absolute Gasteiger partial charge is 0.154 e. The monoisotopic (exact) mass is 303 g/mol. The number of rotatable bonds is 4. The Morgan fingerprint density at radius 1 is 0.682 bits per heavy atom. The van der Waals surface area contributed by atoms with Crippen LogP contribution in [0.3, 0.4) is 0 Å². The first kappa shape index (κ1) is 14.6. The quantitative estimate of drug-likeness (QED) is 0.531. The average Bonchev–Trinajstić information content (AvgIpc) is 2.58. The molecule has 109 valence electrons. The Hall–Kier alpha value is -2.32. The van der Waals surface area contributed by atoms with E-state index < -0.39 is 8.80 Å². The zero-order chi connectivity index (χ0) is 15.4. The first-order valence-electron chi connectivity index (χ1n) is 7.42. The second-order valence-corrected chi connectivity index (χ2v) is 7.73. The van der Waals surface area contributed by atoms with Crippen molar-refractivity contribution in [3.8, 4) is 5.75 Å². The molecule has 22 heavy (non-hydrogen) atoms. The Kier molecular flexibility index (Phi) is 4.40. The van der Waals surface area contributed by atoms with Crippen molar-refractivity contribution in [3.05, 3.63) is 84.4 Å². The summed E-state index contributed by atoms with van der Waals surface area (Å²) in [5.74, 6) is 0.906. The van der Waals surface area contributed by atoms with Gasteiger partial charge in [0.1, 0.15) is 5.75 Å². The van der Waals surface area contributed by atoms with Crippen LogP contribution in [0.1, 0.15) is 5.56 Å². The highest BCUT2D eigenvalue weighted by molar-refractivity contribution is 6.95. The number of aryl methyl sites for hydroxylation is 1. The fraction of sp³-hybridized carbons (Fsp3) is 0.100. The summed E-state index contributed by atoms with van der Waals surface area (Å²) >= 11 is 0. The van der Waals surface area contributed by atoms with Crippen molar-refractivity contribution >= 4 is 24.4 Å². The third-order valence-electron chi connectivity index (χ3n) is 3.86. The minimum atomic E-state index is -0.988. The van der Waals surface area contributed by atoms with Gasteiger partial charge in [-0.2, -0.15) is 0 Å². The van der Waals surface area contributed by atoms with E-state index in [-0.39, 0.29) is 0 Å². The van der Waals surface area contributed by atoms with Crippen molar-refractivity contribution in [3.63, 3.8) is 0 Å². The molecule has 3 aromatic rings. The van der Waals surface area contributed by atoms with Gasteiger partial charge in [-0.25, -0.2) is 0 Å². The van der Waals surface area contributed by atoms with Gasteiger partial charge in [-0.15, -0.1) is 0 Å². The normalized spacial score (nSPS) is 10.7. The molecule has 3 rings (SSSR count). The van der Waals surface area contributed by atoms with E-state index in [1.165, 1.54) is 21.1 Å². The zero-order valence-corrected chi connectivity index (χ0v) is 13.9. The molecule has 0 aliphatic rings. The maximum atomic E-state index is 5.30. The molecule has 2 heteroatoms. The number of ether oxygens (including phenoxy) is 1. The van der Waals surface area contributed by atoms with Crippen molar-refractivity contribution in [2.45, 2.75) is 6.92 Å². The average molecular weight is 303 g/mol. The summed E-state index contributed by atoms with van der Waals surface area (Å²) in [6.07, 6.45) is 0. The molecule has 3 aromatic carbocycles. The van der Waals surface area contributed by atoms with Gasteiger partial charge in [-0.3, -0.25) is 0 Å². The molecule has 1 nitrogen and oxygen atoms in total.